The molecule has 0 aromatic carbocycles. The van der Waals surface area contributed by atoms with Crippen LogP contribution in [0.15, 0.2) is 23.0 Å². The summed E-state index contributed by atoms with van der Waals surface area (Å²) in [7, 11) is 2.17. The average Bonchev–Trinajstić information content (AvgIpc) is 3.87. The first kappa shape index (κ1) is 28.4. The number of aliphatic hydroxyl groups excluding tert-OH is 1. The number of aryl methyl sites for hydroxylation is 1. The maximum atomic E-state index is 10.1. The smallest absolute Gasteiger partial charge is 0.184 e. The van der Waals surface area contributed by atoms with Crippen LogP contribution in [0.4, 0.5) is 5.00 Å². The molecule has 5 aromatic rings. The van der Waals surface area contributed by atoms with Crippen molar-refractivity contribution in [2.75, 3.05) is 25.9 Å². The normalized spacial score (nSPS) is 22.1. The third-order valence-corrected chi connectivity index (χ3v) is 11.3. The Labute approximate surface area is 264 Å². The zero-order chi connectivity index (χ0) is 30.9. The van der Waals surface area contributed by atoms with Gasteiger partial charge in [-0.1, -0.05) is 5.16 Å². The molecule has 8 rings (SSSR count). The van der Waals surface area contributed by atoms with Gasteiger partial charge in [-0.15, -0.1) is 11.3 Å². The van der Waals surface area contributed by atoms with Crippen LogP contribution in [0.2, 0.25) is 0 Å². The summed E-state index contributed by atoms with van der Waals surface area (Å²) in [6.45, 7) is 3.69. The molecule has 0 amide bonds. The van der Waals surface area contributed by atoms with Crippen molar-refractivity contribution in [1.29, 1.82) is 5.26 Å². The quantitative estimate of drug-likeness (QED) is 0.276. The standard InChI is InChI=1S/C32H36N10O2S/c1-18(23-7-5-12-40(23)2)42-31-21(26(38-42)22-9-13-41(37-22)14-15-43)17-35-30(36-31)27-19-6-3-10-32(28(19)44-39-27)11-4-8-24-25(32)20(16-33)29(34)45-24/h9,13,17-18,23,43H,3-8,10-12,14-15,34H2,1-2H3/t18-,23-,32-/m0/s1. The van der Waals surface area contributed by atoms with Crippen LogP contribution in [-0.4, -0.2) is 70.9 Å². The van der Waals surface area contributed by atoms with Crippen molar-refractivity contribution < 1.29 is 9.63 Å². The number of nitriles is 1. The van der Waals surface area contributed by atoms with Crippen LogP contribution in [0, 0.1) is 11.3 Å². The Morgan fingerprint density at radius 2 is 2.07 bits per heavy atom. The highest BCUT2D eigenvalue weighted by Gasteiger charge is 2.49. The Morgan fingerprint density at radius 3 is 2.84 bits per heavy atom. The molecule has 0 radical (unpaired) electrons. The van der Waals surface area contributed by atoms with Gasteiger partial charge in [0.05, 0.1) is 35.6 Å². The van der Waals surface area contributed by atoms with Gasteiger partial charge in [0.2, 0.25) is 0 Å². The Hall–Kier alpha value is -4.12. The minimum Gasteiger partial charge on any atom is -0.394 e. The first-order valence-electron chi connectivity index (χ1n) is 15.8. The average molecular weight is 625 g/mol. The summed E-state index contributed by atoms with van der Waals surface area (Å²) in [5.41, 5.74) is 11.4. The minimum atomic E-state index is -0.403. The molecule has 1 saturated heterocycles. The van der Waals surface area contributed by atoms with E-state index in [2.05, 4.69) is 35.2 Å². The third kappa shape index (κ3) is 4.26. The lowest BCUT2D eigenvalue weighted by Crippen LogP contribution is -2.35. The molecule has 2 aliphatic carbocycles. The van der Waals surface area contributed by atoms with E-state index in [0.717, 1.165) is 91.5 Å². The maximum absolute atomic E-state index is 10.1. The number of nitrogens with zero attached hydrogens (tertiary/aromatic N) is 9. The van der Waals surface area contributed by atoms with Gasteiger partial charge in [0.25, 0.3) is 0 Å². The molecule has 1 aliphatic heterocycles. The van der Waals surface area contributed by atoms with Crippen LogP contribution >= 0.6 is 11.3 Å². The van der Waals surface area contributed by atoms with Gasteiger partial charge < -0.3 is 20.3 Å². The topological polar surface area (TPSA) is 161 Å². The maximum Gasteiger partial charge on any atom is 0.184 e. The van der Waals surface area contributed by atoms with E-state index >= 15 is 0 Å². The van der Waals surface area contributed by atoms with Gasteiger partial charge in [-0.25, -0.2) is 14.6 Å². The highest BCUT2D eigenvalue weighted by Crippen LogP contribution is 2.55. The molecule has 0 saturated carbocycles. The Balaban J connectivity index is 1.26. The van der Waals surface area contributed by atoms with Crippen LogP contribution in [-0.2, 0) is 24.8 Å². The second kappa shape index (κ2) is 10.8. The predicted octanol–water partition coefficient (Wildman–Crippen LogP) is 4.47. The fourth-order valence-corrected chi connectivity index (χ4v) is 9.31. The SMILES string of the molecule is C[C@@H]([C@@H]1CCCN1C)n1nc(-c2ccn(CCO)n2)c2cnc(-c3noc4c3CCC[C@@]43CCCc4sc(N)c(C#N)c43)nc21. The van der Waals surface area contributed by atoms with E-state index in [1.807, 2.05) is 23.1 Å². The minimum absolute atomic E-state index is 0.00999. The molecule has 13 heteroatoms. The summed E-state index contributed by atoms with van der Waals surface area (Å²) in [6.07, 6.45) is 11.4. The van der Waals surface area contributed by atoms with Crippen LogP contribution in [0.25, 0.3) is 33.9 Å². The number of rotatable bonds is 6. The summed E-state index contributed by atoms with van der Waals surface area (Å²) in [6, 6.07) is 4.72. The predicted molar refractivity (Wildman–Crippen MR) is 170 cm³/mol. The number of likely N-dealkylation sites (tertiary alicyclic amines) is 1. The second-order valence-corrected chi connectivity index (χ2v) is 13.9. The van der Waals surface area contributed by atoms with Gasteiger partial charge in [-0.2, -0.15) is 15.5 Å². The van der Waals surface area contributed by atoms with Crippen molar-refractivity contribution in [3.05, 3.63) is 45.8 Å². The number of hydrogen-bond acceptors (Lipinski definition) is 11. The Bertz CT molecular complexity index is 1960. The van der Waals surface area contributed by atoms with Gasteiger partial charge in [-0.3, -0.25) is 4.68 Å². The number of aliphatic hydroxyl groups is 1. The van der Waals surface area contributed by atoms with Crippen molar-refractivity contribution in [2.45, 2.75) is 82.3 Å². The van der Waals surface area contributed by atoms with Crippen molar-refractivity contribution >= 4 is 27.4 Å². The van der Waals surface area contributed by atoms with Gasteiger partial charge in [-0.05, 0) is 83.5 Å². The number of thiophene rings is 1. The number of hydrogen-bond donors (Lipinski definition) is 2. The van der Waals surface area contributed by atoms with Crippen molar-refractivity contribution in [3.8, 4) is 29.0 Å². The highest BCUT2D eigenvalue weighted by atomic mass is 32.1. The zero-order valence-corrected chi connectivity index (χ0v) is 26.3. The molecule has 45 heavy (non-hydrogen) atoms. The van der Waals surface area contributed by atoms with Gasteiger partial charge in [0.15, 0.2) is 22.9 Å². The molecule has 1 spiro atoms. The monoisotopic (exact) mass is 624 g/mol. The second-order valence-electron chi connectivity index (χ2n) is 12.7. The number of aromatic nitrogens is 7. The molecule has 6 heterocycles. The van der Waals surface area contributed by atoms with Gasteiger partial charge in [0, 0.05) is 28.9 Å². The largest absolute Gasteiger partial charge is 0.394 e. The summed E-state index contributed by atoms with van der Waals surface area (Å²) in [4.78, 5) is 13.6. The molecule has 0 unspecified atom stereocenters. The third-order valence-electron chi connectivity index (χ3n) is 10.3. The molecule has 5 aromatic heterocycles. The molecule has 0 bridgehead atoms. The van der Waals surface area contributed by atoms with Crippen LogP contribution in [0.5, 0.6) is 0 Å². The number of nitrogens with two attached hydrogens (primary N) is 1. The van der Waals surface area contributed by atoms with Crippen LogP contribution < -0.4 is 5.73 Å². The molecule has 232 valence electrons. The summed E-state index contributed by atoms with van der Waals surface area (Å²) in [5, 5.41) is 35.3. The van der Waals surface area contributed by atoms with Crippen molar-refractivity contribution in [3.63, 3.8) is 0 Å². The van der Waals surface area contributed by atoms with Gasteiger partial charge >= 0.3 is 0 Å². The molecular weight excluding hydrogens is 588 g/mol. The first-order chi connectivity index (χ1) is 21.9. The number of anilines is 1. The van der Waals surface area contributed by atoms with Crippen molar-refractivity contribution in [1.82, 2.24) is 39.6 Å². The van der Waals surface area contributed by atoms with E-state index in [1.165, 1.54) is 4.88 Å². The van der Waals surface area contributed by atoms with Crippen molar-refractivity contribution in [2.24, 2.45) is 0 Å². The summed E-state index contributed by atoms with van der Waals surface area (Å²) < 4.78 is 10.00. The molecule has 12 nitrogen and oxygen atoms in total. The number of likely N-dealkylation sites (N-methyl/N-ethyl adjacent to an activating group) is 1. The lowest BCUT2D eigenvalue weighted by atomic mass is 9.63. The molecular formula is C32H36N10O2S. The lowest BCUT2D eigenvalue weighted by molar-refractivity contribution is 0.232. The number of nitrogen functional groups attached to an aromatic ring is 1. The Morgan fingerprint density at radius 1 is 1.22 bits per heavy atom. The van der Waals surface area contributed by atoms with E-state index in [9.17, 15) is 10.4 Å². The lowest BCUT2D eigenvalue weighted by Gasteiger charge is -2.39. The Kier molecular flexibility index (Phi) is 6.78. The molecule has 1 fully saturated rings. The fourth-order valence-electron chi connectivity index (χ4n) is 8.15. The highest BCUT2D eigenvalue weighted by molar-refractivity contribution is 7.16. The van der Waals surface area contributed by atoms with E-state index in [1.54, 1.807) is 16.0 Å². The summed E-state index contributed by atoms with van der Waals surface area (Å²) in [5.74, 6) is 1.35. The van der Waals surface area contributed by atoms with E-state index < -0.39 is 5.41 Å². The fraction of sp³-hybridized carbons (Fsp3) is 0.500. The van der Waals surface area contributed by atoms with Crippen LogP contribution in [0.3, 0.4) is 0 Å². The van der Waals surface area contributed by atoms with Crippen LogP contribution in [0.1, 0.15) is 78.8 Å². The number of fused-ring (bicyclic) bond motifs is 5. The van der Waals surface area contributed by atoms with E-state index in [4.69, 9.17) is 25.3 Å². The first-order valence-corrected chi connectivity index (χ1v) is 16.7. The zero-order valence-electron chi connectivity index (χ0n) is 25.5. The molecule has 3 aliphatic rings. The van der Waals surface area contributed by atoms with Gasteiger partial charge in [0.1, 0.15) is 22.5 Å². The summed E-state index contributed by atoms with van der Waals surface area (Å²) >= 11 is 1.54. The molecule has 3 atom stereocenters. The van der Waals surface area contributed by atoms with E-state index in [0.29, 0.717) is 40.4 Å². The molecule has 3 N–H and O–H groups in total. The van der Waals surface area contributed by atoms with E-state index in [-0.39, 0.29) is 12.6 Å².